The third kappa shape index (κ3) is 3.31. The van der Waals surface area contributed by atoms with E-state index in [4.69, 9.17) is 4.74 Å². The van der Waals surface area contributed by atoms with Gasteiger partial charge in [-0.1, -0.05) is 23.5 Å². The number of amides is 2. The van der Waals surface area contributed by atoms with Crippen molar-refractivity contribution >= 4 is 32.7 Å². The van der Waals surface area contributed by atoms with Crippen LogP contribution in [-0.2, 0) is 4.74 Å². The summed E-state index contributed by atoms with van der Waals surface area (Å²) in [6, 6.07) is 8.16. The molecular weight excluding hydrogens is 300 g/mol. The molecule has 0 atom stereocenters. The zero-order chi connectivity index (χ0) is 15.4. The van der Waals surface area contributed by atoms with Crippen LogP contribution in [-0.4, -0.2) is 62.4 Å². The fraction of sp³-hybridized carbons (Fsp3) is 0.467. The maximum atomic E-state index is 12.0. The van der Waals surface area contributed by atoms with E-state index in [1.54, 1.807) is 18.4 Å². The van der Waals surface area contributed by atoms with Gasteiger partial charge in [0.15, 0.2) is 5.13 Å². The minimum absolute atomic E-state index is 0.0130. The first-order chi connectivity index (χ1) is 10.8. The second-order valence-electron chi connectivity index (χ2n) is 5.16. The quantitative estimate of drug-likeness (QED) is 0.873. The first kappa shape index (κ1) is 15.1. The summed E-state index contributed by atoms with van der Waals surface area (Å²) < 4.78 is 6.14. The largest absolute Gasteiger partial charge is 0.383 e. The second-order valence-corrected chi connectivity index (χ2v) is 6.17. The van der Waals surface area contributed by atoms with Crippen LogP contribution in [0, 0.1) is 0 Å². The van der Waals surface area contributed by atoms with Crippen LogP contribution in [0.2, 0.25) is 0 Å². The average Bonchev–Trinajstić information content (AvgIpc) is 2.99. The van der Waals surface area contributed by atoms with Gasteiger partial charge >= 0.3 is 6.03 Å². The molecular formula is C15H20N4O2S. The molecule has 0 unspecified atom stereocenters. The molecule has 0 radical (unpaired) electrons. The molecule has 1 aliphatic rings. The van der Waals surface area contributed by atoms with Crippen molar-refractivity contribution in [3.8, 4) is 0 Å². The highest BCUT2D eigenvalue weighted by Gasteiger charge is 2.22. The van der Waals surface area contributed by atoms with Gasteiger partial charge in [0.1, 0.15) is 0 Å². The Bertz CT molecular complexity index is 604. The van der Waals surface area contributed by atoms with Crippen molar-refractivity contribution < 1.29 is 9.53 Å². The van der Waals surface area contributed by atoms with Gasteiger partial charge in [-0.3, -0.25) is 0 Å². The third-order valence-corrected chi connectivity index (χ3v) is 4.80. The van der Waals surface area contributed by atoms with Crippen LogP contribution >= 0.6 is 11.3 Å². The average molecular weight is 320 g/mol. The SMILES string of the molecule is COCCNC(=O)N1CCN(c2nc3ccccc3s2)CC1. The summed E-state index contributed by atoms with van der Waals surface area (Å²) in [6.07, 6.45) is 0. The number of ether oxygens (including phenoxy) is 1. The molecule has 0 aliphatic carbocycles. The van der Waals surface area contributed by atoms with E-state index in [0.29, 0.717) is 13.2 Å². The Morgan fingerprint density at radius 1 is 1.32 bits per heavy atom. The van der Waals surface area contributed by atoms with Gasteiger partial charge in [0, 0.05) is 39.8 Å². The number of urea groups is 1. The van der Waals surface area contributed by atoms with E-state index in [1.165, 1.54) is 4.70 Å². The molecule has 0 spiro atoms. The molecule has 2 aromatic rings. The van der Waals surface area contributed by atoms with Gasteiger partial charge in [-0.2, -0.15) is 0 Å². The number of anilines is 1. The van der Waals surface area contributed by atoms with Crippen molar-refractivity contribution in [1.29, 1.82) is 0 Å². The number of nitrogens with one attached hydrogen (secondary N) is 1. The van der Waals surface area contributed by atoms with Gasteiger partial charge in [0.2, 0.25) is 0 Å². The molecule has 1 aromatic carbocycles. The number of rotatable bonds is 4. The Balaban J connectivity index is 1.56. The molecule has 1 aliphatic heterocycles. The molecule has 1 aromatic heterocycles. The number of nitrogens with zero attached hydrogens (tertiary/aromatic N) is 3. The van der Waals surface area contributed by atoms with Gasteiger partial charge in [-0.05, 0) is 12.1 Å². The number of benzene rings is 1. The zero-order valence-corrected chi connectivity index (χ0v) is 13.4. The summed E-state index contributed by atoms with van der Waals surface area (Å²) >= 11 is 1.71. The molecule has 22 heavy (non-hydrogen) atoms. The number of thiazole rings is 1. The van der Waals surface area contributed by atoms with Gasteiger partial charge < -0.3 is 19.9 Å². The van der Waals surface area contributed by atoms with Crippen LogP contribution in [0.3, 0.4) is 0 Å². The molecule has 2 amide bonds. The topological polar surface area (TPSA) is 57.7 Å². The molecule has 118 valence electrons. The van der Waals surface area contributed by atoms with Gasteiger partial charge in [-0.25, -0.2) is 9.78 Å². The van der Waals surface area contributed by atoms with Crippen LogP contribution in [0.25, 0.3) is 10.2 Å². The van der Waals surface area contributed by atoms with Gasteiger partial charge in [-0.15, -0.1) is 0 Å². The number of hydrogen-bond acceptors (Lipinski definition) is 5. The highest BCUT2D eigenvalue weighted by Crippen LogP contribution is 2.29. The molecule has 6 nitrogen and oxygen atoms in total. The van der Waals surface area contributed by atoms with E-state index < -0.39 is 0 Å². The fourth-order valence-electron chi connectivity index (χ4n) is 2.47. The van der Waals surface area contributed by atoms with Crippen LogP contribution < -0.4 is 10.2 Å². The highest BCUT2D eigenvalue weighted by molar-refractivity contribution is 7.22. The number of carbonyl (C=O) groups is 1. The highest BCUT2D eigenvalue weighted by atomic mass is 32.1. The lowest BCUT2D eigenvalue weighted by molar-refractivity contribution is 0.177. The number of fused-ring (bicyclic) bond motifs is 1. The van der Waals surface area contributed by atoms with Crippen molar-refractivity contribution in [2.75, 3.05) is 51.3 Å². The zero-order valence-electron chi connectivity index (χ0n) is 12.6. The molecule has 7 heteroatoms. The van der Waals surface area contributed by atoms with Crippen molar-refractivity contribution in [3.05, 3.63) is 24.3 Å². The maximum absolute atomic E-state index is 12.0. The second kappa shape index (κ2) is 6.93. The number of hydrogen-bond donors (Lipinski definition) is 1. The van der Waals surface area contributed by atoms with Gasteiger partial charge in [0.05, 0.1) is 16.8 Å². The number of methoxy groups -OCH3 is 1. The normalized spacial score (nSPS) is 15.3. The molecule has 0 bridgehead atoms. The minimum Gasteiger partial charge on any atom is -0.383 e. The standard InChI is InChI=1S/C15H20N4O2S/c1-21-11-6-16-14(20)18-7-9-19(10-8-18)15-17-12-4-2-3-5-13(12)22-15/h2-5H,6-11H2,1H3,(H,16,20). The predicted molar refractivity (Wildman–Crippen MR) is 88.7 cm³/mol. The summed E-state index contributed by atoms with van der Waals surface area (Å²) in [5, 5.41) is 3.90. The molecule has 1 saturated heterocycles. The van der Waals surface area contributed by atoms with E-state index in [9.17, 15) is 4.79 Å². The fourth-order valence-corrected chi connectivity index (χ4v) is 3.49. The van der Waals surface area contributed by atoms with Crippen LogP contribution in [0.4, 0.5) is 9.93 Å². The van der Waals surface area contributed by atoms with E-state index in [1.807, 2.05) is 23.1 Å². The van der Waals surface area contributed by atoms with E-state index in [-0.39, 0.29) is 6.03 Å². The van der Waals surface area contributed by atoms with Crippen molar-refractivity contribution in [3.63, 3.8) is 0 Å². The Hall–Kier alpha value is -1.86. The summed E-state index contributed by atoms with van der Waals surface area (Å²) in [5.41, 5.74) is 1.04. The van der Waals surface area contributed by atoms with Crippen molar-refractivity contribution in [1.82, 2.24) is 15.2 Å². The molecule has 3 rings (SSSR count). The lowest BCUT2D eigenvalue weighted by Crippen LogP contribution is -2.52. The number of piperazine rings is 1. The Morgan fingerprint density at radius 3 is 2.82 bits per heavy atom. The minimum atomic E-state index is -0.0130. The van der Waals surface area contributed by atoms with Crippen molar-refractivity contribution in [2.45, 2.75) is 0 Å². The van der Waals surface area contributed by atoms with E-state index in [2.05, 4.69) is 21.3 Å². The third-order valence-electron chi connectivity index (χ3n) is 3.70. The molecule has 2 heterocycles. The summed E-state index contributed by atoms with van der Waals surface area (Å²) in [4.78, 5) is 20.8. The summed E-state index contributed by atoms with van der Waals surface area (Å²) in [6.45, 7) is 4.16. The van der Waals surface area contributed by atoms with E-state index in [0.717, 1.165) is 36.8 Å². The lowest BCUT2D eigenvalue weighted by Gasteiger charge is -2.34. The Morgan fingerprint density at radius 2 is 2.09 bits per heavy atom. The maximum Gasteiger partial charge on any atom is 0.317 e. The predicted octanol–water partition coefficient (Wildman–Crippen LogP) is 1.77. The van der Waals surface area contributed by atoms with Crippen molar-refractivity contribution in [2.24, 2.45) is 0 Å². The monoisotopic (exact) mass is 320 g/mol. The molecule has 0 saturated carbocycles. The van der Waals surface area contributed by atoms with Crippen LogP contribution in [0.15, 0.2) is 24.3 Å². The molecule has 1 N–H and O–H groups in total. The first-order valence-electron chi connectivity index (χ1n) is 7.40. The van der Waals surface area contributed by atoms with Crippen LogP contribution in [0.1, 0.15) is 0 Å². The Kier molecular flexibility index (Phi) is 4.74. The smallest absolute Gasteiger partial charge is 0.317 e. The first-order valence-corrected chi connectivity index (χ1v) is 8.22. The van der Waals surface area contributed by atoms with Crippen LogP contribution in [0.5, 0.6) is 0 Å². The number of aromatic nitrogens is 1. The molecule has 1 fully saturated rings. The summed E-state index contributed by atoms with van der Waals surface area (Å²) in [7, 11) is 1.63. The van der Waals surface area contributed by atoms with Gasteiger partial charge in [0.25, 0.3) is 0 Å². The Labute approximate surface area is 133 Å². The lowest BCUT2D eigenvalue weighted by atomic mass is 10.3. The summed E-state index contributed by atoms with van der Waals surface area (Å²) in [5.74, 6) is 0. The number of carbonyl (C=O) groups excluding carboxylic acids is 1. The van der Waals surface area contributed by atoms with E-state index >= 15 is 0 Å². The number of para-hydroxylation sites is 1.